The van der Waals surface area contributed by atoms with E-state index in [1.165, 1.54) is 4.90 Å². The highest BCUT2D eigenvalue weighted by molar-refractivity contribution is 5.91. The number of hydrogen-bond acceptors (Lipinski definition) is 7. The highest BCUT2D eigenvalue weighted by atomic mass is 16.5. The zero-order chi connectivity index (χ0) is 26.7. The van der Waals surface area contributed by atoms with Crippen molar-refractivity contribution >= 4 is 28.7 Å². The minimum atomic E-state index is -1.13. The van der Waals surface area contributed by atoms with Crippen molar-refractivity contribution in [3.8, 4) is 5.88 Å². The van der Waals surface area contributed by atoms with Crippen molar-refractivity contribution in [2.45, 2.75) is 70.7 Å². The molecule has 3 heterocycles. The van der Waals surface area contributed by atoms with Crippen molar-refractivity contribution < 1.29 is 33.7 Å². The average Bonchev–Trinajstić information content (AvgIpc) is 3.27. The van der Waals surface area contributed by atoms with Gasteiger partial charge in [-0.05, 0) is 47.8 Å². The molecule has 1 saturated heterocycles. The zero-order valence-corrected chi connectivity index (χ0v) is 21.7. The Kier molecular flexibility index (Phi) is 7.87. The van der Waals surface area contributed by atoms with Gasteiger partial charge >= 0.3 is 12.1 Å². The second kappa shape index (κ2) is 10.9. The summed E-state index contributed by atoms with van der Waals surface area (Å²) in [6.07, 6.45) is 2.40. The van der Waals surface area contributed by atoms with Gasteiger partial charge in [0.25, 0.3) is 0 Å². The molecule has 2 aromatic rings. The Bertz CT molecular complexity index is 1160. The Labute approximate surface area is 216 Å². The molecule has 1 fully saturated rings. The normalized spacial score (nSPS) is 25.7. The highest BCUT2D eigenvalue weighted by Crippen LogP contribution is 2.33. The van der Waals surface area contributed by atoms with Gasteiger partial charge in [-0.2, -0.15) is 0 Å². The van der Waals surface area contributed by atoms with Gasteiger partial charge in [-0.3, -0.25) is 4.79 Å². The van der Waals surface area contributed by atoms with Crippen LogP contribution in [0.25, 0.3) is 10.8 Å². The quantitative estimate of drug-likeness (QED) is 0.623. The molecule has 0 spiro atoms. The van der Waals surface area contributed by atoms with Gasteiger partial charge in [0.05, 0.1) is 19.3 Å². The second-order valence-electron chi connectivity index (χ2n) is 10.7. The van der Waals surface area contributed by atoms with E-state index < -0.39 is 41.6 Å². The lowest BCUT2D eigenvalue weighted by molar-refractivity contribution is -0.150. The molecule has 2 amide bonds. The van der Waals surface area contributed by atoms with E-state index in [-0.39, 0.29) is 25.7 Å². The summed E-state index contributed by atoms with van der Waals surface area (Å²) in [5.41, 5.74) is 0.283. The van der Waals surface area contributed by atoms with Crippen LogP contribution in [0.15, 0.2) is 30.5 Å². The predicted octanol–water partition coefficient (Wildman–Crippen LogP) is 3.68. The summed E-state index contributed by atoms with van der Waals surface area (Å²) in [6.45, 7) is 5.67. The minimum Gasteiger partial charge on any atom is -0.480 e. The molecule has 200 valence electrons. The van der Waals surface area contributed by atoms with Gasteiger partial charge in [0.15, 0.2) is 0 Å². The third kappa shape index (κ3) is 5.95. The fourth-order valence-electron chi connectivity index (χ4n) is 4.96. The van der Waals surface area contributed by atoms with Crippen LogP contribution in [0.1, 0.15) is 58.1 Å². The number of methoxy groups -OCH3 is 1. The molecule has 1 unspecified atom stereocenters. The molecule has 0 radical (unpaired) electrons. The minimum absolute atomic E-state index is 0.0531. The number of nitrogens with one attached hydrogen (secondary N) is 1. The molecule has 0 aliphatic carbocycles. The summed E-state index contributed by atoms with van der Waals surface area (Å²) in [5.74, 6) is -1.23. The van der Waals surface area contributed by atoms with Gasteiger partial charge in [0.1, 0.15) is 18.2 Å². The van der Waals surface area contributed by atoms with Crippen molar-refractivity contribution in [3.63, 3.8) is 0 Å². The number of alkyl carbamates (subject to hydrolysis) is 1. The number of pyridine rings is 1. The molecule has 10 heteroatoms. The molecule has 4 bridgehead atoms. The predicted molar refractivity (Wildman–Crippen MR) is 135 cm³/mol. The lowest BCUT2D eigenvalue weighted by Crippen LogP contribution is -2.57. The number of rotatable bonds is 2. The zero-order valence-electron chi connectivity index (χ0n) is 21.7. The van der Waals surface area contributed by atoms with Crippen LogP contribution in [-0.4, -0.2) is 71.4 Å². The standard InChI is InChI=1S/C27H35N3O7/c1-27(2,3)22-24(31)30-15-18(14-20(30)25(32)33)37-23-19-13-17(9-8-16(19)10-11-28-23)21(35-4)7-5-6-12-36-26(34)29-22/h8-11,13,18,20-22H,5-7,12,14-15H2,1-4H3,(H,29,34)(H,32,33)/t18-,20+,21?,22-/m1/s1. The number of cyclic esters (lactones) is 1. The first-order valence-electron chi connectivity index (χ1n) is 12.6. The number of carboxylic acid groups (broad SMARTS) is 1. The average molecular weight is 514 g/mol. The Morgan fingerprint density at radius 1 is 1.22 bits per heavy atom. The largest absolute Gasteiger partial charge is 0.480 e. The number of aliphatic carboxylic acids is 1. The number of benzene rings is 1. The number of amides is 2. The number of carbonyl (C=O) groups is 3. The van der Waals surface area contributed by atoms with Gasteiger partial charge < -0.3 is 29.5 Å². The highest BCUT2D eigenvalue weighted by Gasteiger charge is 2.46. The van der Waals surface area contributed by atoms with Crippen LogP contribution in [-0.2, 0) is 19.1 Å². The monoisotopic (exact) mass is 513 g/mol. The van der Waals surface area contributed by atoms with Gasteiger partial charge in [0, 0.05) is 25.1 Å². The number of carboxylic acids is 1. The maximum atomic E-state index is 13.6. The molecule has 2 aliphatic heterocycles. The summed E-state index contributed by atoms with van der Waals surface area (Å²) in [4.78, 5) is 44.0. The molecule has 2 N–H and O–H groups in total. The van der Waals surface area contributed by atoms with E-state index in [4.69, 9.17) is 14.2 Å². The Morgan fingerprint density at radius 2 is 2.00 bits per heavy atom. The molecule has 2 aliphatic rings. The second-order valence-corrected chi connectivity index (χ2v) is 10.7. The van der Waals surface area contributed by atoms with E-state index in [2.05, 4.69) is 10.3 Å². The lowest BCUT2D eigenvalue weighted by atomic mass is 9.85. The van der Waals surface area contributed by atoms with Crippen molar-refractivity contribution in [1.29, 1.82) is 0 Å². The first-order chi connectivity index (χ1) is 17.6. The number of nitrogens with zero attached hydrogens (tertiary/aromatic N) is 2. The molecule has 1 aromatic heterocycles. The summed E-state index contributed by atoms with van der Waals surface area (Å²) in [5, 5.41) is 14.3. The van der Waals surface area contributed by atoms with Crippen molar-refractivity contribution in [2.75, 3.05) is 20.3 Å². The summed E-state index contributed by atoms with van der Waals surface area (Å²) >= 11 is 0. The van der Waals surface area contributed by atoms with E-state index in [0.717, 1.165) is 29.2 Å². The Hall–Kier alpha value is -3.40. The number of hydrogen-bond donors (Lipinski definition) is 2. The maximum absolute atomic E-state index is 13.6. The summed E-state index contributed by atoms with van der Waals surface area (Å²) in [7, 11) is 1.66. The van der Waals surface area contributed by atoms with E-state index in [0.29, 0.717) is 12.3 Å². The fourth-order valence-corrected chi connectivity index (χ4v) is 4.96. The molecule has 1 aromatic carbocycles. The number of aromatic nitrogens is 1. The Morgan fingerprint density at radius 3 is 2.70 bits per heavy atom. The summed E-state index contributed by atoms with van der Waals surface area (Å²) < 4.78 is 17.3. The SMILES string of the molecule is COC1CCCCOC(=O)N[C@@H](C(C)(C)C)C(=O)N2C[C@@H](C[C@H]2C(=O)O)Oc2nccc3ccc1cc23. The molecule has 37 heavy (non-hydrogen) atoms. The molecule has 0 saturated carbocycles. The smallest absolute Gasteiger partial charge is 0.407 e. The first kappa shape index (κ1) is 26.7. The van der Waals surface area contributed by atoms with Gasteiger partial charge in [0.2, 0.25) is 11.8 Å². The van der Waals surface area contributed by atoms with Crippen LogP contribution >= 0.6 is 0 Å². The maximum Gasteiger partial charge on any atom is 0.407 e. The van der Waals surface area contributed by atoms with Crippen LogP contribution in [0.3, 0.4) is 0 Å². The fraction of sp³-hybridized carbons (Fsp3) is 0.556. The van der Waals surface area contributed by atoms with E-state index in [1.54, 1.807) is 13.3 Å². The van der Waals surface area contributed by atoms with E-state index >= 15 is 0 Å². The summed E-state index contributed by atoms with van der Waals surface area (Å²) in [6, 6.07) is 5.79. The number of ether oxygens (including phenoxy) is 3. The lowest BCUT2D eigenvalue weighted by Gasteiger charge is -2.34. The van der Waals surface area contributed by atoms with Gasteiger partial charge in [-0.25, -0.2) is 14.6 Å². The molecular formula is C27H35N3O7. The van der Waals surface area contributed by atoms with Crippen LogP contribution in [0.2, 0.25) is 0 Å². The topological polar surface area (TPSA) is 127 Å². The Balaban J connectivity index is 1.72. The van der Waals surface area contributed by atoms with Crippen molar-refractivity contribution in [2.24, 2.45) is 5.41 Å². The van der Waals surface area contributed by atoms with Crippen LogP contribution in [0.4, 0.5) is 4.79 Å². The third-order valence-corrected chi connectivity index (χ3v) is 6.99. The van der Waals surface area contributed by atoms with E-state index in [1.807, 2.05) is 45.0 Å². The van der Waals surface area contributed by atoms with E-state index in [9.17, 15) is 19.5 Å². The number of fused-ring (bicyclic) bond motifs is 3. The van der Waals surface area contributed by atoms with Gasteiger partial charge in [-0.15, -0.1) is 0 Å². The van der Waals surface area contributed by atoms with Crippen molar-refractivity contribution in [3.05, 3.63) is 36.0 Å². The first-order valence-corrected chi connectivity index (χ1v) is 12.6. The molecular weight excluding hydrogens is 478 g/mol. The third-order valence-electron chi connectivity index (χ3n) is 6.99. The van der Waals surface area contributed by atoms with Crippen LogP contribution in [0.5, 0.6) is 5.88 Å². The van der Waals surface area contributed by atoms with Gasteiger partial charge in [-0.1, -0.05) is 32.9 Å². The van der Waals surface area contributed by atoms with Crippen LogP contribution in [0, 0.1) is 5.41 Å². The molecule has 10 nitrogen and oxygen atoms in total. The molecule has 4 rings (SSSR count). The molecule has 4 atom stereocenters. The van der Waals surface area contributed by atoms with Crippen LogP contribution < -0.4 is 10.1 Å². The van der Waals surface area contributed by atoms with Crippen molar-refractivity contribution in [1.82, 2.24) is 15.2 Å². The number of carbonyl (C=O) groups excluding carboxylic acids is 2.